The Balaban J connectivity index is 2.06. The highest BCUT2D eigenvalue weighted by atomic mass is 32.2. The number of para-hydroxylation sites is 1. The second-order valence-electron chi connectivity index (χ2n) is 8.00. The van der Waals surface area contributed by atoms with Gasteiger partial charge in [-0.2, -0.15) is 0 Å². The number of carbonyl (C=O) groups is 1. The SMILES string of the molecule is CCOC(=O)/C=C/c1c(/C=C/c2ccccc2[N+](=O)[O-])n(S(=O)(=O)c2ccccc2)c2ccc(OC)cc12. The molecule has 194 valence electrons. The van der Waals surface area contributed by atoms with Gasteiger partial charge < -0.3 is 9.47 Å². The Bertz CT molecular complexity index is 1670. The van der Waals surface area contributed by atoms with Gasteiger partial charge in [-0.25, -0.2) is 17.2 Å². The first kappa shape index (κ1) is 26.4. The van der Waals surface area contributed by atoms with Crippen LogP contribution in [0.5, 0.6) is 5.75 Å². The molecule has 3 aromatic carbocycles. The maximum Gasteiger partial charge on any atom is 0.330 e. The van der Waals surface area contributed by atoms with Gasteiger partial charge in [-0.15, -0.1) is 0 Å². The normalized spacial score (nSPS) is 11.8. The van der Waals surface area contributed by atoms with Gasteiger partial charge in [0, 0.05) is 23.1 Å². The summed E-state index contributed by atoms with van der Waals surface area (Å²) in [7, 11) is -2.65. The number of esters is 1. The van der Waals surface area contributed by atoms with Gasteiger partial charge in [0.2, 0.25) is 0 Å². The minimum Gasteiger partial charge on any atom is -0.497 e. The van der Waals surface area contributed by atoms with Crippen LogP contribution in [0.15, 0.2) is 83.8 Å². The minimum atomic E-state index is -4.13. The predicted molar refractivity (Wildman–Crippen MR) is 145 cm³/mol. The van der Waals surface area contributed by atoms with Gasteiger partial charge in [0.25, 0.3) is 15.7 Å². The molecule has 0 bridgehead atoms. The van der Waals surface area contributed by atoms with Crippen molar-refractivity contribution in [3.63, 3.8) is 0 Å². The maximum absolute atomic E-state index is 13.9. The number of ether oxygens (including phenoxy) is 2. The molecule has 0 aliphatic rings. The van der Waals surface area contributed by atoms with E-state index in [1.54, 1.807) is 61.5 Å². The number of rotatable bonds is 9. The quantitative estimate of drug-likeness (QED) is 0.120. The molecule has 0 unspecified atom stereocenters. The molecule has 1 aromatic heterocycles. The van der Waals surface area contributed by atoms with E-state index in [0.29, 0.717) is 22.2 Å². The summed E-state index contributed by atoms with van der Waals surface area (Å²) in [5.74, 6) is -0.123. The first-order valence-electron chi connectivity index (χ1n) is 11.6. The lowest BCUT2D eigenvalue weighted by Crippen LogP contribution is -2.14. The molecule has 1 heterocycles. The number of nitro benzene ring substituents is 1. The van der Waals surface area contributed by atoms with Crippen LogP contribution in [0.4, 0.5) is 5.69 Å². The molecule has 0 saturated carbocycles. The van der Waals surface area contributed by atoms with Crippen molar-refractivity contribution in [1.29, 1.82) is 0 Å². The number of nitro groups is 1. The number of benzene rings is 3. The lowest BCUT2D eigenvalue weighted by molar-refractivity contribution is -0.385. The van der Waals surface area contributed by atoms with Crippen molar-refractivity contribution in [1.82, 2.24) is 3.97 Å². The van der Waals surface area contributed by atoms with Gasteiger partial charge in [-0.3, -0.25) is 10.1 Å². The number of aromatic nitrogens is 1. The average Bonchev–Trinajstić information content (AvgIpc) is 3.24. The zero-order chi connectivity index (χ0) is 27.3. The molecular formula is C28H24N2O7S. The molecule has 0 amide bonds. The van der Waals surface area contributed by atoms with Gasteiger partial charge in [-0.05, 0) is 61.5 Å². The highest BCUT2D eigenvalue weighted by molar-refractivity contribution is 7.90. The summed E-state index contributed by atoms with van der Waals surface area (Å²) < 4.78 is 39.4. The summed E-state index contributed by atoms with van der Waals surface area (Å²) in [6, 6.07) is 18.9. The van der Waals surface area contributed by atoms with Crippen LogP contribution in [0.1, 0.15) is 23.7 Å². The van der Waals surface area contributed by atoms with E-state index in [4.69, 9.17) is 9.47 Å². The monoisotopic (exact) mass is 532 g/mol. The van der Waals surface area contributed by atoms with Gasteiger partial charge in [0.15, 0.2) is 0 Å². The fraction of sp³-hybridized carbons (Fsp3) is 0.107. The molecular weight excluding hydrogens is 508 g/mol. The van der Waals surface area contributed by atoms with Crippen LogP contribution in [0.3, 0.4) is 0 Å². The topological polar surface area (TPSA) is 118 Å². The second-order valence-corrected chi connectivity index (χ2v) is 9.79. The molecule has 0 aliphatic heterocycles. The molecule has 0 N–H and O–H groups in total. The van der Waals surface area contributed by atoms with Crippen LogP contribution in [0, 0.1) is 10.1 Å². The smallest absolute Gasteiger partial charge is 0.330 e. The maximum atomic E-state index is 13.9. The summed E-state index contributed by atoms with van der Waals surface area (Å²) in [6.45, 7) is 1.85. The Kier molecular flexibility index (Phi) is 7.73. The first-order chi connectivity index (χ1) is 18.3. The summed E-state index contributed by atoms with van der Waals surface area (Å²) >= 11 is 0. The van der Waals surface area contributed by atoms with Crippen molar-refractivity contribution in [2.75, 3.05) is 13.7 Å². The average molecular weight is 533 g/mol. The molecule has 9 nitrogen and oxygen atoms in total. The van der Waals surface area contributed by atoms with Gasteiger partial charge in [0.1, 0.15) is 5.75 Å². The van der Waals surface area contributed by atoms with Crippen molar-refractivity contribution in [3.8, 4) is 5.75 Å². The molecule has 4 aromatic rings. The summed E-state index contributed by atoms with van der Waals surface area (Å²) in [5, 5.41) is 12.0. The van der Waals surface area contributed by atoms with E-state index in [1.807, 2.05) is 0 Å². The van der Waals surface area contributed by atoms with Crippen LogP contribution in [0.25, 0.3) is 29.1 Å². The molecule has 10 heteroatoms. The largest absolute Gasteiger partial charge is 0.497 e. The fourth-order valence-corrected chi connectivity index (χ4v) is 5.55. The fourth-order valence-electron chi connectivity index (χ4n) is 4.01. The van der Waals surface area contributed by atoms with E-state index >= 15 is 0 Å². The number of hydrogen-bond donors (Lipinski definition) is 0. The Morgan fingerprint density at radius 3 is 2.39 bits per heavy atom. The minimum absolute atomic E-state index is 0.0500. The molecule has 0 spiro atoms. The molecule has 0 radical (unpaired) electrons. The Labute approximate surface area is 219 Å². The van der Waals surface area contributed by atoms with Crippen molar-refractivity contribution in [2.45, 2.75) is 11.8 Å². The zero-order valence-corrected chi connectivity index (χ0v) is 21.4. The molecule has 0 fully saturated rings. The molecule has 38 heavy (non-hydrogen) atoms. The Morgan fingerprint density at radius 2 is 1.71 bits per heavy atom. The summed E-state index contributed by atoms with van der Waals surface area (Å²) in [6.07, 6.45) is 5.64. The molecule has 0 atom stereocenters. The first-order valence-corrected chi connectivity index (χ1v) is 13.0. The molecule has 0 aliphatic carbocycles. The van der Waals surface area contributed by atoms with Crippen molar-refractivity contribution in [3.05, 3.63) is 106 Å². The third-order valence-corrected chi connectivity index (χ3v) is 7.46. The van der Waals surface area contributed by atoms with Gasteiger partial charge in [0.05, 0.1) is 40.3 Å². The van der Waals surface area contributed by atoms with E-state index < -0.39 is 20.9 Å². The number of fused-ring (bicyclic) bond motifs is 1. The number of methoxy groups -OCH3 is 1. The van der Waals surface area contributed by atoms with Crippen molar-refractivity contribution >= 4 is 50.8 Å². The standard InChI is InChI=1S/C28H24N2O7S/c1-3-37-28(31)18-15-23-24-19-21(36-2)14-17-27(24)29(38(34,35)22-10-5-4-6-11-22)26(23)16-13-20-9-7-8-12-25(20)30(32)33/h4-19H,3H2,1-2H3/b16-13+,18-15+. The van der Waals surface area contributed by atoms with Crippen molar-refractivity contribution in [2.24, 2.45) is 0 Å². The van der Waals surface area contributed by atoms with Gasteiger partial charge >= 0.3 is 5.97 Å². The van der Waals surface area contributed by atoms with Crippen LogP contribution >= 0.6 is 0 Å². The predicted octanol–water partition coefficient (Wildman–Crippen LogP) is 5.54. The highest BCUT2D eigenvalue weighted by Crippen LogP contribution is 2.35. The highest BCUT2D eigenvalue weighted by Gasteiger charge is 2.26. The number of carbonyl (C=O) groups excluding carboxylic acids is 1. The molecule has 0 saturated heterocycles. The Morgan fingerprint density at radius 1 is 1.00 bits per heavy atom. The summed E-state index contributed by atoms with van der Waals surface area (Å²) in [4.78, 5) is 23.3. The summed E-state index contributed by atoms with van der Waals surface area (Å²) in [5.41, 5.74) is 1.06. The van der Waals surface area contributed by atoms with E-state index in [9.17, 15) is 23.3 Å². The zero-order valence-electron chi connectivity index (χ0n) is 20.6. The number of nitrogens with zero attached hydrogens (tertiary/aromatic N) is 2. The third kappa shape index (κ3) is 5.21. The van der Waals surface area contributed by atoms with E-state index in [0.717, 1.165) is 3.97 Å². The second kappa shape index (κ2) is 11.1. The van der Waals surface area contributed by atoms with Crippen LogP contribution in [0.2, 0.25) is 0 Å². The lowest BCUT2D eigenvalue weighted by Gasteiger charge is -2.11. The lowest BCUT2D eigenvalue weighted by atomic mass is 10.1. The van der Waals surface area contributed by atoms with E-state index in [-0.39, 0.29) is 28.4 Å². The van der Waals surface area contributed by atoms with Crippen molar-refractivity contribution < 1.29 is 27.6 Å². The Hall–Kier alpha value is -4.70. The molecule has 4 rings (SSSR count). The van der Waals surface area contributed by atoms with Crippen LogP contribution < -0.4 is 4.74 Å². The van der Waals surface area contributed by atoms with Crippen LogP contribution in [-0.2, 0) is 19.6 Å². The van der Waals surface area contributed by atoms with Crippen LogP contribution in [-0.4, -0.2) is 37.0 Å². The third-order valence-electron chi connectivity index (χ3n) is 5.72. The van der Waals surface area contributed by atoms with E-state index in [1.165, 1.54) is 49.6 Å². The van der Waals surface area contributed by atoms with Gasteiger partial charge in [-0.1, -0.05) is 30.3 Å². The number of hydrogen-bond acceptors (Lipinski definition) is 7. The van der Waals surface area contributed by atoms with E-state index in [2.05, 4.69) is 0 Å².